The molecule has 0 unspecified atom stereocenters. The number of hydrogen-bond donors (Lipinski definition) is 2. The summed E-state index contributed by atoms with van der Waals surface area (Å²) in [5, 5.41) is 6.94. The van der Waals surface area contributed by atoms with Crippen LogP contribution in [0.25, 0.3) is 22.2 Å². The SMILES string of the molecule is CCCCn1c(=O)c(NC(=O)Nc2c(C(C)C)cccc2C(C)C)c(-c2cccc(OCCN3CCCCC3)c2)c2cccnc21. The second-order valence-corrected chi connectivity index (χ2v) is 12.9. The summed E-state index contributed by atoms with van der Waals surface area (Å²) in [5.41, 5.74) is 4.89. The van der Waals surface area contributed by atoms with Crippen molar-refractivity contribution in [2.75, 3.05) is 36.9 Å². The Morgan fingerprint density at radius 2 is 1.59 bits per heavy atom. The van der Waals surface area contributed by atoms with Gasteiger partial charge in [-0.25, -0.2) is 9.78 Å². The maximum Gasteiger partial charge on any atom is 0.323 e. The quantitative estimate of drug-likeness (QED) is 0.165. The summed E-state index contributed by atoms with van der Waals surface area (Å²) in [6.45, 7) is 14.8. The zero-order valence-corrected chi connectivity index (χ0v) is 28.1. The minimum atomic E-state index is -0.451. The minimum absolute atomic E-state index is 0.209. The molecule has 0 atom stereocenters. The molecule has 2 amide bonds. The number of anilines is 2. The molecule has 5 rings (SSSR count). The van der Waals surface area contributed by atoms with Crippen LogP contribution < -0.4 is 20.9 Å². The predicted octanol–water partition coefficient (Wildman–Crippen LogP) is 8.62. The third-order valence-electron chi connectivity index (χ3n) is 8.85. The Bertz CT molecular complexity index is 1680. The van der Waals surface area contributed by atoms with Crippen molar-refractivity contribution >= 4 is 28.4 Å². The summed E-state index contributed by atoms with van der Waals surface area (Å²) in [6.07, 6.45) is 7.24. The van der Waals surface area contributed by atoms with Crippen LogP contribution in [0.1, 0.15) is 89.7 Å². The van der Waals surface area contributed by atoms with Gasteiger partial charge in [-0.2, -0.15) is 0 Å². The Hall–Kier alpha value is -4.17. The van der Waals surface area contributed by atoms with Crippen molar-refractivity contribution in [3.8, 4) is 16.9 Å². The first-order chi connectivity index (χ1) is 22.3. The number of piperidine rings is 1. The maximum absolute atomic E-state index is 14.3. The van der Waals surface area contributed by atoms with Crippen molar-refractivity contribution in [2.45, 2.75) is 85.1 Å². The van der Waals surface area contributed by atoms with Gasteiger partial charge in [-0.05, 0) is 85.1 Å². The number of rotatable bonds is 12. The van der Waals surface area contributed by atoms with Gasteiger partial charge in [0.1, 0.15) is 23.7 Å². The van der Waals surface area contributed by atoms with Crippen molar-refractivity contribution in [1.29, 1.82) is 0 Å². The predicted molar refractivity (Wildman–Crippen MR) is 189 cm³/mol. The molecule has 0 aliphatic carbocycles. The Morgan fingerprint density at radius 1 is 0.891 bits per heavy atom. The van der Waals surface area contributed by atoms with Gasteiger partial charge in [-0.3, -0.25) is 14.3 Å². The van der Waals surface area contributed by atoms with E-state index in [2.05, 4.69) is 55.1 Å². The number of likely N-dealkylation sites (tertiary alicyclic amines) is 1. The number of aryl methyl sites for hydroxylation is 1. The molecular formula is C38H49N5O3. The molecule has 0 bridgehead atoms. The Morgan fingerprint density at radius 3 is 2.28 bits per heavy atom. The first-order valence-electron chi connectivity index (χ1n) is 17.0. The van der Waals surface area contributed by atoms with Crippen LogP contribution in [-0.4, -0.2) is 46.7 Å². The van der Waals surface area contributed by atoms with Gasteiger partial charge in [0.2, 0.25) is 0 Å². The molecule has 1 fully saturated rings. The van der Waals surface area contributed by atoms with Crippen LogP contribution in [0.3, 0.4) is 0 Å². The van der Waals surface area contributed by atoms with Gasteiger partial charge in [-0.15, -0.1) is 0 Å². The third-order valence-corrected chi connectivity index (χ3v) is 8.85. The average Bonchev–Trinajstić information content (AvgIpc) is 3.05. The van der Waals surface area contributed by atoms with Crippen LogP contribution in [0.4, 0.5) is 16.2 Å². The van der Waals surface area contributed by atoms with E-state index < -0.39 is 6.03 Å². The molecule has 1 aliphatic heterocycles. The van der Waals surface area contributed by atoms with Gasteiger partial charge in [-0.1, -0.05) is 77.8 Å². The molecule has 2 N–H and O–H groups in total. The van der Waals surface area contributed by atoms with Crippen molar-refractivity contribution in [3.05, 3.63) is 82.3 Å². The normalized spacial score (nSPS) is 13.8. The van der Waals surface area contributed by atoms with Gasteiger partial charge in [0.15, 0.2) is 0 Å². The Labute approximate surface area is 273 Å². The van der Waals surface area contributed by atoms with Crippen LogP contribution in [0.15, 0.2) is 65.6 Å². The van der Waals surface area contributed by atoms with E-state index in [1.54, 1.807) is 10.8 Å². The van der Waals surface area contributed by atoms with E-state index in [1.165, 1.54) is 19.3 Å². The van der Waals surface area contributed by atoms with Crippen LogP contribution in [0.5, 0.6) is 5.75 Å². The number of hydrogen-bond acceptors (Lipinski definition) is 5. The van der Waals surface area contributed by atoms with E-state index >= 15 is 0 Å². The van der Waals surface area contributed by atoms with Gasteiger partial charge in [0.25, 0.3) is 5.56 Å². The van der Waals surface area contributed by atoms with Crippen molar-refractivity contribution < 1.29 is 9.53 Å². The topological polar surface area (TPSA) is 88.5 Å². The molecule has 0 radical (unpaired) electrons. The highest BCUT2D eigenvalue weighted by Gasteiger charge is 2.23. The molecule has 3 heterocycles. The molecule has 0 saturated carbocycles. The highest BCUT2D eigenvalue weighted by molar-refractivity contribution is 6.07. The Kier molecular flexibility index (Phi) is 11.1. The number of carbonyl (C=O) groups excluding carboxylic acids is 1. The van der Waals surface area contributed by atoms with E-state index in [1.807, 2.05) is 54.6 Å². The second kappa shape index (κ2) is 15.4. The number of fused-ring (bicyclic) bond motifs is 1. The van der Waals surface area contributed by atoms with E-state index in [0.29, 0.717) is 24.4 Å². The smallest absolute Gasteiger partial charge is 0.323 e. The maximum atomic E-state index is 14.3. The number of nitrogens with one attached hydrogen (secondary N) is 2. The number of urea groups is 1. The fraction of sp³-hybridized carbons (Fsp3) is 0.447. The minimum Gasteiger partial charge on any atom is -0.492 e. The van der Waals surface area contributed by atoms with E-state index in [9.17, 15) is 9.59 Å². The standard InChI is InChI=1S/C38H49N5O3/c1-6-7-22-43-36-32(18-13-19-39-36)33(28-14-11-15-29(25-28)46-24-23-42-20-9-8-10-21-42)35(37(43)44)41-38(45)40-34-30(26(2)3)16-12-17-31(34)27(4)5/h11-19,25-27H,6-10,20-24H2,1-5H3,(H2,40,41,45). The molecule has 46 heavy (non-hydrogen) atoms. The number of aromatic nitrogens is 2. The number of pyridine rings is 2. The van der Waals surface area contributed by atoms with E-state index in [0.717, 1.165) is 66.0 Å². The Balaban J connectivity index is 1.55. The molecule has 8 heteroatoms. The third kappa shape index (κ3) is 7.61. The summed E-state index contributed by atoms with van der Waals surface area (Å²) in [6, 6.07) is 17.3. The lowest BCUT2D eigenvalue weighted by molar-refractivity contribution is 0.183. The lowest BCUT2D eigenvalue weighted by atomic mass is 9.93. The zero-order chi connectivity index (χ0) is 32.6. The average molecular weight is 624 g/mol. The molecule has 2 aromatic heterocycles. The molecule has 4 aromatic rings. The first-order valence-corrected chi connectivity index (χ1v) is 17.0. The fourth-order valence-corrected chi connectivity index (χ4v) is 6.39. The van der Waals surface area contributed by atoms with Crippen LogP contribution in [0, 0.1) is 0 Å². The number of ether oxygens (including phenoxy) is 1. The highest BCUT2D eigenvalue weighted by Crippen LogP contribution is 2.36. The van der Waals surface area contributed by atoms with E-state index in [4.69, 9.17) is 4.74 Å². The summed E-state index contributed by atoms with van der Waals surface area (Å²) >= 11 is 0. The van der Waals surface area contributed by atoms with Gasteiger partial charge in [0, 0.05) is 35.9 Å². The number of amides is 2. The molecular weight excluding hydrogens is 574 g/mol. The van der Waals surface area contributed by atoms with Crippen LogP contribution >= 0.6 is 0 Å². The van der Waals surface area contributed by atoms with Crippen LogP contribution in [-0.2, 0) is 6.54 Å². The first kappa shape index (κ1) is 33.2. The highest BCUT2D eigenvalue weighted by atomic mass is 16.5. The number of para-hydroxylation sites is 1. The van der Waals surface area contributed by atoms with Crippen molar-refractivity contribution in [3.63, 3.8) is 0 Å². The van der Waals surface area contributed by atoms with Crippen molar-refractivity contribution in [1.82, 2.24) is 14.5 Å². The number of nitrogens with zero attached hydrogens (tertiary/aromatic N) is 3. The molecule has 8 nitrogen and oxygen atoms in total. The summed E-state index contributed by atoms with van der Waals surface area (Å²) in [7, 11) is 0. The molecule has 244 valence electrons. The molecule has 0 spiro atoms. The van der Waals surface area contributed by atoms with Gasteiger partial charge < -0.3 is 15.4 Å². The van der Waals surface area contributed by atoms with Crippen molar-refractivity contribution in [2.24, 2.45) is 0 Å². The number of unbranched alkanes of at least 4 members (excludes halogenated alkanes) is 1. The van der Waals surface area contributed by atoms with E-state index in [-0.39, 0.29) is 23.1 Å². The van der Waals surface area contributed by atoms with Gasteiger partial charge in [0.05, 0.1) is 0 Å². The lowest BCUT2D eigenvalue weighted by Crippen LogP contribution is -2.33. The van der Waals surface area contributed by atoms with Gasteiger partial charge >= 0.3 is 6.03 Å². The number of carbonyl (C=O) groups is 1. The fourth-order valence-electron chi connectivity index (χ4n) is 6.39. The zero-order valence-electron chi connectivity index (χ0n) is 28.1. The summed E-state index contributed by atoms with van der Waals surface area (Å²) in [5.74, 6) is 1.14. The molecule has 1 saturated heterocycles. The largest absolute Gasteiger partial charge is 0.492 e. The summed E-state index contributed by atoms with van der Waals surface area (Å²) < 4.78 is 7.91. The second-order valence-electron chi connectivity index (χ2n) is 12.9. The molecule has 1 aliphatic rings. The van der Waals surface area contributed by atoms with Crippen LogP contribution in [0.2, 0.25) is 0 Å². The molecule has 2 aromatic carbocycles. The number of benzene rings is 2. The summed E-state index contributed by atoms with van der Waals surface area (Å²) in [4.78, 5) is 35.3. The lowest BCUT2D eigenvalue weighted by Gasteiger charge is -2.26. The monoisotopic (exact) mass is 623 g/mol.